The van der Waals surface area contributed by atoms with Gasteiger partial charge in [0.05, 0.1) is 12.0 Å². The normalized spacial score (nSPS) is 15.9. The van der Waals surface area contributed by atoms with Crippen LogP contribution in [0, 0.1) is 11.2 Å². The molecule has 1 aromatic rings. The molecule has 0 unspecified atom stereocenters. The average molecular weight is 309 g/mol. The molecule has 0 spiro atoms. The molecule has 0 atom stereocenters. The molecule has 1 aliphatic carbocycles. The van der Waals surface area contributed by atoms with Crippen molar-refractivity contribution in [2.75, 3.05) is 19.8 Å². The third-order valence-electron chi connectivity index (χ3n) is 3.98. The predicted octanol–water partition coefficient (Wildman–Crippen LogP) is 1.76. The van der Waals surface area contributed by atoms with E-state index in [1.165, 1.54) is 12.1 Å². The third kappa shape index (κ3) is 4.27. The summed E-state index contributed by atoms with van der Waals surface area (Å²) in [6.07, 6.45) is 3.07. The summed E-state index contributed by atoms with van der Waals surface area (Å²) in [5.74, 6) is -1.40. The molecular weight excluding hydrogens is 289 g/mol. The molecule has 120 valence electrons. The smallest absolute Gasteiger partial charge is 0.329 e. The molecule has 0 aromatic heterocycles. The summed E-state index contributed by atoms with van der Waals surface area (Å²) in [4.78, 5) is 22.7. The van der Waals surface area contributed by atoms with Crippen molar-refractivity contribution in [3.63, 3.8) is 0 Å². The molecule has 6 heteroatoms. The number of nitrogens with one attached hydrogen (secondary N) is 1. The van der Waals surface area contributed by atoms with Gasteiger partial charge in [0.15, 0.2) is 0 Å². The molecule has 5 nitrogen and oxygen atoms in total. The first-order valence-electron chi connectivity index (χ1n) is 7.34. The lowest BCUT2D eigenvalue weighted by Crippen LogP contribution is -2.48. The molecule has 1 saturated carbocycles. The highest BCUT2D eigenvalue weighted by molar-refractivity contribution is 5.83. The SMILES string of the molecule is O=C(O)COCCNC(=O)C1(Cc2cccc(F)c2)CCC1. The van der Waals surface area contributed by atoms with E-state index in [-0.39, 0.29) is 31.5 Å². The zero-order chi connectivity index (χ0) is 16.0. The maximum Gasteiger partial charge on any atom is 0.329 e. The van der Waals surface area contributed by atoms with Crippen molar-refractivity contribution >= 4 is 11.9 Å². The minimum Gasteiger partial charge on any atom is -0.480 e. The topological polar surface area (TPSA) is 75.6 Å². The van der Waals surface area contributed by atoms with Gasteiger partial charge in [-0.15, -0.1) is 0 Å². The summed E-state index contributed by atoms with van der Waals surface area (Å²) >= 11 is 0. The Morgan fingerprint density at radius 1 is 1.36 bits per heavy atom. The minimum absolute atomic E-state index is 0.0677. The molecule has 22 heavy (non-hydrogen) atoms. The Balaban J connectivity index is 1.84. The van der Waals surface area contributed by atoms with Crippen LogP contribution in [0.25, 0.3) is 0 Å². The van der Waals surface area contributed by atoms with Crippen LogP contribution >= 0.6 is 0 Å². The summed E-state index contributed by atoms with van der Waals surface area (Å²) in [5.41, 5.74) is 0.345. The standard InChI is InChI=1S/C16H20FNO4/c17-13-4-1-3-12(9-13)10-16(5-2-6-16)15(21)18-7-8-22-11-14(19)20/h1,3-4,9H,2,5-8,10-11H2,(H,18,21)(H,19,20). The highest BCUT2D eigenvalue weighted by atomic mass is 19.1. The fraction of sp³-hybridized carbons (Fsp3) is 0.500. The fourth-order valence-corrected chi connectivity index (χ4v) is 2.71. The van der Waals surface area contributed by atoms with Gasteiger partial charge < -0.3 is 15.2 Å². The van der Waals surface area contributed by atoms with E-state index < -0.39 is 11.4 Å². The lowest BCUT2D eigenvalue weighted by molar-refractivity contribution is -0.142. The van der Waals surface area contributed by atoms with E-state index >= 15 is 0 Å². The second kappa shape index (κ2) is 7.35. The number of aliphatic carboxylic acids is 1. The first kappa shape index (κ1) is 16.4. The van der Waals surface area contributed by atoms with Crippen LogP contribution in [0.15, 0.2) is 24.3 Å². The van der Waals surface area contributed by atoms with Gasteiger partial charge >= 0.3 is 5.97 Å². The van der Waals surface area contributed by atoms with Crippen LogP contribution in [0.3, 0.4) is 0 Å². The maximum atomic E-state index is 13.3. The van der Waals surface area contributed by atoms with Crippen molar-refractivity contribution in [2.24, 2.45) is 5.41 Å². The van der Waals surface area contributed by atoms with E-state index in [1.807, 2.05) is 6.07 Å². The predicted molar refractivity (Wildman–Crippen MR) is 77.9 cm³/mol. The van der Waals surface area contributed by atoms with E-state index in [4.69, 9.17) is 9.84 Å². The number of carboxylic acids is 1. The Morgan fingerprint density at radius 2 is 2.14 bits per heavy atom. The Morgan fingerprint density at radius 3 is 2.73 bits per heavy atom. The Hall–Kier alpha value is -1.95. The van der Waals surface area contributed by atoms with E-state index in [0.29, 0.717) is 6.42 Å². The molecule has 0 saturated heterocycles. The Kier molecular flexibility index (Phi) is 5.49. The van der Waals surface area contributed by atoms with Crippen molar-refractivity contribution in [3.8, 4) is 0 Å². The molecule has 0 heterocycles. The zero-order valence-corrected chi connectivity index (χ0v) is 12.3. The van der Waals surface area contributed by atoms with Crippen molar-refractivity contribution < 1.29 is 23.8 Å². The Bertz CT molecular complexity index is 543. The van der Waals surface area contributed by atoms with E-state index in [9.17, 15) is 14.0 Å². The average Bonchev–Trinajstić information content (AvgIpc) is 2.42. The zero-order valence-electron chi connectivity index (χ0n) is 12.3. The van der Waals surface area contributed by atoms with Gasteiger partial charge in [-0.1, -0.05) is 18.6 Å². The summed E-state index contributed by atoms with van der Waals surface area (Å²) in [5, 5.41) is 11.2. The van der Waals surface area contributed by atoms with Gasteiger partial charge in [-0.2, -0.15) is 0 Å². The van der Waals surface area contributed by atoms with Crippen LogP contribution in [-0.4, -0.2) is 36.7 Å². The number of ether oxygens (including phenoxy) is 1. The molecule has 1 aromatic carbocycles. The molecule has 1 aliphatic rings. The molecular formula is C16H20FNO4. The van der Waals surface area contributed by atoms with E-state index in [0.717, 1.165) is 24.8 Å². The van der Waals surface area contributed by atoms with Crippen LogP contribution in [0.4, 0.5) is 4.39 Å². The van der Waals surface area contributed by atoms with Gasteiger partial charge in [-0.25, -0.2) is 9.18 Å². The number of carboxylic acid groups (broad SMARTS) is 1. The van der Waals surface area contributed by atoms with Crippen LogP contribution in [0.5, 0.6) is 0 Å². The van der Waals surface area contributed by atoms with Crippen LogP contribution in [0.2, 0.25) is 0 Å². The lowest BCUT2D eigenvalue weighted by atomic mass is 9.64. The molecule has 0 radical (unpaired) electrons. The highest BCUT2D eigenvalue weighted by Gasteiger charge is 2.43. The maximum absolute atomic E-state index is 13.3. The largest absolute Gasteiger partial charge is 0.480 e. The second-order valence-corrected chi connectivity index (χ2v) is 5.64. The first-order chi connectivity index (χ1) is 10.5. The minimum atomic E-state index is -1.03. The number of hydrogen-bond donors (Lipinski definition) is 2. The monoisotopic (exact) mass is 309 g/mol. The van der Waals surface area contributed by atoms with E-state index in [1.54, 1.807) is 6.07 Å². The van der Waals surface area contributed by atoms with Gasteiger partial charge in [-0.05, 0) is 37.0 Å². The summed E-state index contributed by atoms with van der Waals surface area (Å²) < 4.78 is 18.1. The van der Waals surface area contributed by atoms with Crippen molar-refractivity contribution in [1.82, 2.24) is 5.32 Å². The summed E-state index contributed by atoms with van der Waals surface area (Å²) in [6, 6.07) is 6.32. The van der Waals surface area contributed by atoms with Gasteiger partial charge in [0, 0.05) is 6.54 Å². The highest BCUT2D eigenvalue weighted by Crippen LogP contribution is 2.44. The number of carbonyl (C=O) groups is 2. The van der Waals surface area contributed by atoms with Gasteiger partial charge in [0.1, 0.15) is 12.4 Å². The summed E-state index contributed by atoms with van der Waals surface area (Å²) in [6.45, 7) is 0.0649. The van der Waals surface area contributed by atoms with Crippen molar-refractivity contribution in [3.05, 3.63) is 35.6 Å². The molecule has 2 rings (SSSR count). The van der Waals surface area contributed by atoms with Crippen LogP contribution < -0.4 is 5.32 Å². The van der Waals surface area contributed by atoms with Gasteiger partial charge in [0.25, 0.3) is 0 Å². The van der Waals surface area contributed by atoms with Gasteiger partial charge in [0.2, 0.25) is 5.91 Å². The fourth-order valence-electron chi connectivity index (χ4n) is 2.71. The van der Waals surface area contributed by atoms with Gasteiger partial charge in [-0.3, -0.25) is 4.79 Å². The number of halogens is 1. The molecule has 0 aliphatic heterocycles. The molecule has 0 bridgehead atoms. The summed E-state index contributed by atoms with van der Waals surface area (Å²) in [7, 11) is 0. The molecule has 1 fully saturated rings. The molecule has 2 N–H and O–H groups in total. The number of amides is 1. The van der Waals surface area contributed by atoms with Crippen LogP contribution in [0.1, 0.15) is 24.8 Å². The lowest BCUT2D eigenvalue weighted by Gasteiger charge is -2.40. The Labute approximate surface area is 128 Å². The third-order valence-corrected chi connectivity index (χ3v) is 3.98. The number of hydrogen-bond acceptors (Lipinski definition) is 3. The first-order valence-corrected chi connectivity index (χ1v) is 7.34. The molecule has 1 amide bonds. The van der Waals surface area contributed by atoms with E-state index in [2.05, 4.69) is 5.32 Å². The number of benzene rings is 1. The van der Waals surface area contributed by atoms with Crippen molar-refractivity contribution in [1.29, 1.82) is 0 Å². The van der Waals surface area contributed by atoms with Crippen molar-refractivity contribution in [2.45, 2.75) is 25.7 Å². The quantitative estimate of drug-likeness (QED) is 0.718. The second-order valence-electron chi connectivity index (χ2n) is 5.64. The number of rotatable bonds is 8. The number of carbonyl (C=O) groups excluding carboxylic acids is 1. The van der Waals surface area contributed by atoms with Crippen LogP contribution in [-0.2, 0) is 20.7 Å².